The molecule has 15 heavy (non-hydrogen) atoms. The molecule has 0 aliphatic carbocycles. The summed E-state index contributed by atoms with van der Waals surface area (Å²) in [5.41, 5.74) is 2.08. The molecular weight excluding hydrogens is 186 g/mol. The number of fused-ring (bicyclic) bond motifs is 1. The Bertz CT molecular complexity index is 399. The van der Waals surface area contributed by atoms with E-state index >= 15 is 0 Å². The second kappa shape index (κ2) is 3.46. The van der Waals surface area contributed by atoms with Crippen LogP contribution in [0.3, 0.4) is 0 Å². The van der Waals surface area contributed by atoms with Crippen molar-refractivity contribution in [3.63, 3.8) is 0 Å². The van der Waals surface area contributed by atoms with E-state index in [2.05, 4.69) is 24.8 Å². The molecule has 1 unspecified atom stereocenters. The van der Waals surface area contributed by atoms with Gasteiger partial charge in [0.25, 0.3) is 0 Å². The van der Waals surface area contributed by atoms with E-state index in [9.17, 15) is 4.79 Å². The lowest BCUT2D eigenvalue weighted by Gasteiger charge is -2.42. The van der Waals surface area contributed by atoms with Crippen molar-refractivity contribution < 1.29 is 4.79 Å². The molecule has 1 aromatic rings. The molecule has 0 amide bonds. The molecular formula is C13H17NO. The minimum atomic E-state index is 0.00447. The summed E-state index contributed by atoms with van der Waals surface area (Å²) in [5, 5.41) is 0. The van der Waals surface area contributed by atoms with Crippen LogP contribution in [0.1, 0.15) is 36.2 Å². The van der Waals surface area contributed by atoms with Crippen molar-refractivity contribution >= 4 is 5.78 Å². The van der Waals surface area contributed by atoms with Gasteiger partial charge in [-0.15, -0.1) is 0 Å². The van der Waals surface area contributed by atoms with E-state index in [0.717, 1.165) is 12.0 Å². The molecule has 0 bridgehead atoms. The molecule has 80 valence electrons. The highest BCUT2D eigenvalue weighted by Crippen LogP contribution is 2.36. The van der Waals surface area contributed by atoms with E-state index in [4.69, 9.17) is 0 Å². The van der Waals surface area contributed by atoms with Crippen molar-refractivity contribution in [1.82, 2.24) is 4.90 Å². The van der Waals surface area contributed by atoms with Gasteiger partial charge in [-0.3, -0.25) is 9.69 Å². The highest BCUT2D eigenvalue weighted by Gasteiger charge is 2.37. The number of Topliss-reactive ketones (excluding diaryl/α,β-unsaturated/α-hetero) is 1. The van der Waals surface area contributed by atoms with E-state index in [-0.39, 0.29) is 11.3 Å². The predicted octanol–water partition coefficient (Wildman–Crippen LogP) is 2.44. The van der Waals surface area contributed by atoms with Crippen molar-refractivity contribution in [3.8, 4) is 0 Å². The number of hydrogen-bond acceptors (Lipinski definition) is 2. The first-order valence-electron chi connectivity index (χ1n) is 5.43. The average molecular weight is 203 g/mol. The Morgan fingerprint density at radius 1 is 1.40 bits per heavy atom. The molecule has 0 saturated carbocycles. The zero-order valence-corrected chi connectivity index (χ0v) is 9.58. The largest absolute Gasteiger partial charge is 0.293 e. The van der Waals surface area contributed by atoms with E-state index in [1.165, 1.54) is 5.56 Å². The maximum Gasteiger partial charge on any atom is 0.177 e. The first kappa shape index (κ1) is 10.4. The third kappa shape index (κ3) is 1.40. The molecule has 0 fully saturated rings. The van der Waals surface area contributed by atoms with E-state index < -0.39 is 0 Å². The molecule has 1 aromatic carbocycles. The third-order valence-corrected chi connectivity index (χ3v) is 3.72. The van der Waals surface area contributed by atoms with Crippen molar-refractivity contribution in [2.24, 2.45) is 0 Å². The number of carbonyl (C=O) groups excluding carboxylic acids is 1. The summed E-state index contributed by atoms with van der Waals surface area (Å²) in [4.78, 5) is 14.0. The van der Waals surface area contributed by atoms with Gasteiger partial charge in [0.2, 0.25) is 0 Å². The Balaban J connectivity index is 2.62. The number of likely N-dealkylation sites (N-methyl/N-ethyl adjacent to an activating group) is 1. The van der Waals surface area contributed by atoms with Gasteiger partial charge < -0.3 is 0 Å². The minimum absolute atomic E-state index is 0.00447. The molecule has 0 spiro atoms. The average Bonchev–Trinajstić information content (AvgIpc) is 2.26. The normalized spacial score (nSPS) is 26.5. The second-order valence-electron chi connectivity index (χ2n) is 4.45. The Kier molecular flexibility index (Phi) is 2.39. The summed E-state index contributed by atoms with van der Waals surface area (Å²) in [6.45, 7) is 4.91. The number of carbonyl (C=O) groups is 1. The summed E-state index contributed by atoms with van der Waals surface area (Å²) in [6, 6.07) is 7.97. The zero-order chi connectivity index (χ0) is 11.1. The van der Waals surface area contributed by atoms with Gasteiger partial charge in [-0.05, 0) is 26.0 Å². The fourth-order valence-electron chi connectivity index (χ4n) is 2.34. The molecule has 1 aliphatic heterocycles. The monoisotopic (exact) mass is 203 g/mol. The lowest BCUT2D eigenvalue weighted by atomic mass is 9.80. The van der Waals surface area contributed by atoms with Gasteiger partial charge in [0.15, 0.2) is 5.78 Å². The SMILES string of the molecule is CCC1(C)c2ccccc2C(=O)CN1C. The Morgan fingerprint density at radius 2 is 2.07 bits per heavy atom. The molecule has 0 aromatic heterocycles. The molecule has 1 aliphatic rings. The number of nitrogens with zero attached hydrogens (tertiary/aromatic N) is 1. The molecule has 0 radical (unpaired) electrons. The van der Waals surface area contributed by atoms with Gasteiger partial charge in [0, 0.05) is 11.1 Å². The quantitative estimate of drug-likeness (QED) is 0.698. The summed E-state index contributed by atoms with van der Waals surface area (Å²) in [6.07, 6.45) is 1.02. The summed E-state index contributed by atoms with van der Waals surface area (Å²) >= 11 is 0. The maximum absolute atomic E-state index is 11.9. The molecule has 2 nitrogen and oxygen atoms in total. The topological polar surface area (TPSA) is 20.3 Å². The zero-order valence-electron chi connectivity index (χ0n) is 9.58. The second-order valence-corrected chi connectivity index (χ2v) is 4.45. The Hall–Kier alpha value is -1.15. The molecule has 2 rings (SSSR count). The highest BCUT2D eigenvalue weighted by atomic mass is 16.1. The van der Waals surface area contributed by atoms with Crippen molar-refractivity contribution in [3.05, 3.63) is 35.4 Å². The van der Waals surface area contributed by atoms with Gasteiger partial charge in [-0.2, -0.15) is 0 Å². The van der Waals surface area contributed by atoms with Crippen molar-refractivity contribution in [1.29, 1.82) is 0 Å². The van der Waals surface area contributed by atoms with Gasteiger partial charge in [0.1, 0.15) is 0 Å². The van der Waals surface area contributed by atoms with Crippen LogP contribution in [0.4, 0.5) is 0 Å². The number of hydrogen-bond donors (Lipinski definition) is 0. The van der Waals surface area contributed by atoms with Crippen molar-refractivity contribution in [2.75, 3.05) is 13.6 Å². The lowest BCUT2D eigenvalue weighted by molar-refractivity contribution is 0.0737. The van der Waals surface area contributed by atoms with E-state index in [1.54, 1.807) is 0 Å². The highest BCUT2D eigenvalue weighted by molar-refractivity contribution is 6.00. The predicted molar refractivity (Wildman–Crippen MR) is 61.0 cm³/mol. The molecule has 0 N–H and O–H groups in total. The fraction of sp³-hybridized carbons (Fsp3) is 0.462. The van der Waals surface area contributed by atoms with E-state index in [0.29, 0.717) is 6.54 Å². The van der Waals surface area contributed by atoms with Crippen LogP contribution in [0.15, 0.2) is 24.3 Å². The van der Waals surface area contributed by atoms with Crippen LogP contribution >= 0.6 is 0 Å². The molecule has 1 atom stereocenters. The summed E-state index contributed by atoms with van der Waals surface area (Å²) in [5.74, 6) is 0.235. The van der Waals surface area contributed by atoms with Crippen LogP contribution < -0.4 is 0 Å². The van der Waals surface area contributed by atoms with E-state index in [1.807, 2.05) is 25.2 Å². The number of rotatable bonds is 1. The standard InChI is InChI=1S/C13H17NO/c1-4-13(2)11-8-6-5-7-10(11)12(15)9-14(13)3/h5-8H,4,9H2,1-3H3. The summed E-state index contributed by atoms with van der Waals surface area (Å²) < 4.78 is 0. The number of ketones is 1. The van der Waals surface area contributed by atoms with Gasteiger partial charge in [-0.25, -0.2) is 0 Å². The molecule has 0 saturated heterocycles. The van der Waals surface area contributed by atoms with Gasteiger partial charge >= 0.3 is 0 Å². The van der Waals surface area contributed by atoms with Crippen LogP contribution in [-0.2, 0) is 5.54 Å². The lowest BCUT2D eigenvalue weighted by Crippen LogP contribution is -2.48. The third-order valence-electron chi connectivity index (χ3n) is 3.72. The van der Waals surface area contributed by atoms with Crippen molar-refractivity contribution in [2.45, 2.75) is 25.8 Å². The van der Waals surface area contributed by atoms with Crippen LogP contribution in [0.5, 0.6) is 0 Å². The van der Waals surface area contributed by atoms with Gasteiger partial charge in [-0.1, -0.05) is 31.2 Å². The van der Waals surface area contributed by atoms with Crippen LogP contribution in [0.2, 0.25) is 0 Å². The van der Waals surface area contributed by atoms with Gasteiger partial charge in [0.05, 0.1) is 6.54 Å². The first-order chi connectivity index (χ1) is 7.09. The molecule has 1 heterocycles. The number of benzene rings is 1. The Labute approximate surface area is 90.9 Å². The minimum Gasteiger partial charge on any atom is -0.293 e. The van der Waals surface area contributed by atoms with Crippen LogP contribution in [0, 0.1) is 0 Å². The summed E-state index contributed by atoms with van der Waals surface area (Å²) in [7, 11) is 2.03. The maximum atomic E-state index is 11.9. The Morgan fingerprint density at radius 3 is 2.73 bits per heavy atom. The smallest absolute Gasteiger partial charge is 0.177 e. The van der Waals surface area contributed by atoms with Crippen LogP contribution in [-0.4, -0.2) is 24.3 Å². The first-order valence-corrected chi connectivity index (χ1v) is 5.43. The fourth-order valence-corrected chi connectivity index (χ4v) is 2.34. The van der Waals surface area contributed by atoms with Crippen LogP contribution in [0.25, 0.3) is 0 Å². The molecule has 2 heteroatoms.